The molecule has 1 N–H and O–H groups in total. The molecule has 1 heterocycles. The van der Waals surface area contributed by atoms with E-state index in [1.807, 2.05) is 6.92 Å². The van der Waals surface area contributed by atoms with Crippen molar-refractivity contribution in [1.82, 2.24) is 5.32 Å². The number of benzene rings is 1. The van der Waals surface area contributed by atoms with Gasteiger partial charge in [-0.15, -0.1) is 0 Å². The number of carbonyl (C=O) groups excluding carboxylic acids is 1. The molecule has 19 heavy (non-hydrogen) atoms. The molecule has 0 saturated carbocycles. The van der Waals surface area contributed by atoms with Crippen molar-refractivity contribution in [1.29, 1.82) is 0 Å². The van der Waals surface area contributed by atoms with Crippen LogP contribution in [0.15, 0.2) is 24.3 Å². The van der Waals surface area contributed by atoms with Gasteiger partial charge in [0, 0.05) is 13.6 Å². The maximum absolute atomic E-state index is 13.8. The molecule has 0 bridgehead atoms. The van der Waals surface area contributed by atoms with E-state index in [-0.39, 0.29) is 11.7 Å². The number of halogens is 1. The number of rotatable bonds is 3. The molecule has 1 aliphatic heterocycles. The lowest BCUT2D eigenvalue weighted by atomic mass is 9.77. The highest BCUT2D eigenvalue weighted by Crippen LogP contribution is 2.34. The normalized spacial score (nSPS) is 23.1. The smallest absolute Gasteiger partial charge is 0.234 e. The van der Waals surface area contributed by atoms with Crippen LogP contribution >= 0.6 is 0 Å². The van der Waals surface area contributed by atoms with Gasteiger partial charge in [0.1, 0.15) is 5.82 Å². The largest absolute Gasteiger partial charge is 0.316 e. The lowest BCUT2D eigenvalue weighted by Crippen LogP contribution is -2.51. The summed E-state index contributed by atoms with van der Waals surface area (Å²) >= 11 is 0. The molecule has 0 aromatic heterocycles. The zero-order valence-corrected chi connectivity index (χ0v) is 11.6. The summed E-state index contributed by atoms with van der Waals surface area (Å²) < 4.78 is 13.8. The standard InChI is InChI=1S/C15H21FN2O/c1-3-15(9-6-10-17-11-15)14(19)18(2)13-8-5-4-7-12(13)16/h4-5,7-8,17H,3,6,9-11H2,1-2H3. The molecule has 1 amide bonds. The average Bonchev–Trinajstić information content (AvgIpc) is 2.47. The molecule has 3 nitrogen and oxygen atoms in total. The summed E-state index contributed by atoms with van der Waals surface area (Å²) in [6, 6.07) is 6.42. The lowest BCUT2D eigenvalue weighted by Gasteiger charge is -2.38. The molecule has 104 valence electrons. The number of carbonyl (C=O) groups is 1. The Balaban J connectivity index is 2.25. The van der Waals surface area contributed by atoms with Gasteiger partial charge in [-0.05, 0) is 37.9 Å². The first-order valence-corrected chi connectivity index (χ1v) is 6.84. The third kappa shape index (κ3) is 2.63. The fraction of sp³-hybridized carbons (Fsp3) is 0.533. The zero-order valence-electron chi connectivity index (χ0n) is 11.6. The van der Waals surface area contributed by atoms with Gasteiger partial charge >= 0.3 is 0 Å². The maximum Gasteiger partial charge on any atom is 0.234 e. The van der Waals surface area contributed by atoms with Crippen molar-refractivity contribution in [2.24, 2.45) is 5.41 Å². The predicted octanol–water partition coefficient (Wildman–Crippen LogP) is 2.57. The Bertz CT molecular complexity index is 455. The molecule has 1 unspecified atom stereocenters. The van der Waals surface area contributed by atoms with Crippen molar-refractivity contribution in [3.63, 3.8) is 0 Å². The topological polar surface area (TPSA) is 32.3 Å². The number of nitrogens with one attached hydrogen (secondary N) is 1. The number of hydrogen-bond acceptors (Lipinski definition) is 2. The van der Waals surface area contributed by atoms with Crippen molar-refractivity contribution in [3.8, 4) is 0 Å². The van der Waals surface area contributed by atoms with Crippen LogP contribution in [0.1, 0.15) is 26.2 Å². The van der Waals surface area contributed by atoms with E-state index in [4.69, 9.17) is 0 Å². The number of piperidine rings is 1. The molecule has 2 rings (SSSR count). The summed E-state index contributed by atoms with van der Waals surface area (Å²) in [7, 11) is 1.66. The van der Waals surface area contributed by atoms with E-state index in [1.165, 1.54) is 11.0 Å². The van der Waals surface area contributed by atoms with E-state index in [9.17, 15) is 9.18 Å². The summed E-state index contributed by atoms with van der Waals surface area (Å²) in [5.41, 5.74) is -0.0409. The Labute approximate surface area is 113 Å². The van der Waals surface area contributed by atoms with Gasteiger partial charge in [0.25, 0.3) is 0 Å². The Kier molecular flexibility index (Phi) is 4.20. The molecule has 0 aliphatic carbocycles. The van der Waals surface area contributed by atoms with Gasteiger partial charge in [-0.25, -0.2) is 4.39 Å². The van der Waals surface area contributed by atoms with Crippen LogP contribution in [-0.4, -0.2) is 26.0 Å². The van der Waals surface area contributed by atoms with E-state index < -0.39 is 5.41 Å². The van der Waals surface area contributed by atoms with Crippen LogP contribution in [0.5, 0.6) is 0 Å². The van der Waals surface area contributed by atoms with E-state index >= 15 is 0 Å². The second-order valence-corrected chi connectivity index (χ2v) is 5.23. The minimum absolute atomic E-state index is 0.00676. The van der Waals surface area contributed by atoms with E-state index in [0.29, 0.717) is 12.2 Å². The van der Waals surface area contributed by atoms with Crippen molar-refractivity contribution >= 4 is 11.6 Å². The first-order chi connectivity index (χ1) is 9.10. The van der Waals surface area contributed by atoms with Gasteiger partial charge in [-0.2, -0.15) is 0 Å². The zero-order chi connectivity index (χ0) is 13.9. The van der Waals surface area contributed by atoms with E-state index in [1.54, 1.807) is 25.2 Å². The summed E-state index contributed by atoms with van der Waals surface area (Å²) in [6.07, 6.45) is 2.64. The summed E-state index contributed by atoms with van der Waals surface area (Å²) in [5.74, 6) is -0.347. The fourth-order valence-electron chi connectivity index (χ4n) is 2.79. The summed E-state index contributed by atoms with van der Waals surface area (Å²) in [5, 5.41) is 3.29. The van der Waals surface area contributed by atoms with Crippen LogP contribution in [-0.2, 0) is 4.79 Å². The molecule has 1 atom stereocenters. The van der Waals surface area contributed by atoms with Crippen LogP contribution in [0.25, 0.3) is 0 Å². The number of nitrogens with zero attached hydrogens (tertiary/aromatic N) is 1. The highest BCUT2D eigenvalue weighted by molar-refractivity contribution is 5.97. The molecule has 0 radical (unpaired) electrons. The summed E-state index contributed by atoms with van der Waals surface area (Å²) in [4.78, 5) is 14.2. The highest BCUT2D eigenvalue weighted by atomic mass is 19.1. The molecule has 1 saturated heterocycles. The van der Waals surface area contributed by atoms with E-state index in [0.717, 1.165) is 25.8 Å². The molecule has 0 spiro atoms. The van der Waals surface area contributed by atoms with Crippen molar-refractivity contribution in [2.75, 3.05) is 25.0 Å². The van der Waals surface area contributed by atoms with Gasteiger partial charge in [0.05, 0.1) is 11.1 Å². The molecular weight excluding hydrogens is 243 g/mol. The second-order valence-electron chi connectivity index (χ2n) is 5.23. The number of anilines is 1. The Hall–Kier alpha value is -1.42. The van der Waals surface area contributed by atoms with Crippen LogP contribution in [0.3, 0.4) is 0 Å². The Morgan fingerprint density at radius 3 is 2.79 bits per heavy atom. The van der Waals surface area contributed by atoms with Crippen molar-refractivity contribution < 1.29 is 9.18 Å². The minimum atomic E-state index is -0.394. The third-order valence-electron chi connectivity index (χ3n) is 4.12. The highest BCUT2D eigenvalue weighted by Gasteiger charge is 2.40. The predicted molar refractivity (Wildman–Crippen MR) is 74.6 cm³/mol. The quantitative estimate of drug-likeness (QED) is 0.910. The van der Waals surface area contributed by atoms with Crippen LogP contribution < -0.4 is 10.2 Å². The monoisotopic (exact) mass is 264 g/mol. The summed E-state index contributed by atoms with van der Waals surface area (Å²) in [6.45, 7) is 3.67. The third-order valence-corrected chi connectivity index (χ3v) is 4.12. The van der Waals surface area contributed by atoms with Gasteiger partial charge in [-0.1, -0.05) is 19.1 Å². The molecule has 1 aliphatic rings. The van der Waals surface area contributed by atoms with Gasteiger partial charge in [0.2, 0.25) is 5.91 Å². The first kappa shape index (κ1) is 14.0. The second kappa shape index (κ2) is 5.70. The Morgan fingerprint density at radius 2 is 2.21 bits per heavy atom. The molecular formula is C15H21FN2O. The molecule has 1 aromatic carbocycles. The van der Waals surface area contributed by atoms with Gasteiger partial charge in [-0.3, -0.25) is 4.79 Å². The van der Waals surface area contributed by atoms with Crippen LogP contribution in [0.4, 0.5) is 10.1 Å². The molecule has 1 fully saturated rings. The first-order valence-electron chi connectivity index (χ1n) is 6.84. The lowest BCUT2D eigenvalue weighted by molar-refractivity contribution is -0.129. The average molecular weight is 264 g/mol. The molecule has 1 aromatic rings. The van der Waals surface area contributed by atoms with Gasteiger partial charge < -0.3 is 10.2 Å². The van der Waals surface area contributed by atoms with Crippen LogP contribution in [0.2, 0.25) is 0 Å². The molecule has 4 heteroatoms. The number of para-hydroxylation sites is 1. The number of hydrogen-bond donors (Lipinski definition) is 1. The minimum Gasteiger partial charge on any atom is -0.316 e. The maximum atomic E-state index is 13.8. The number of amides is 1. The van der Waals surface area contributed by atoms with Crippen molar-refractivity contribution in [2.45, 2.75) is 26.2 Å². The van der Waals surface area contributed by atoms with Gasteiger partial charge in [0.15, 0.2) is 0 Å². The SMILES string of the molecule is CCC1(C(=O)N(C)c2ccccc2F)CCCNC1. The fourth-order valence-corrected chi connectivity index (χ4v) is 2.79. The van der Waals surface area contributed by atoms with E-state index in [2.05, 4.69) is 5.32 Å². The van der Waals surface area contributed by atoms with Crippen LogP contribution in [0, 0.1) is 11.2 Å². The van der Waals surface area contributed by atoms with Crippen molar-refractivity contribution in [3.05, 3.63) is 30.1 Å². The Morgan fingerprint density at radius 1 is 1.47 bits per heavy atom.